The highest BCUT2D eigenvalue weighted by molar-refractivity contribution is 7.84. The minimum Gasteiger partial charge on any atom is -0.508 e. The summed E-state index contributed by atoms with van der Waals surface area (Å²) in [4.78, 5) is 11.1. The van der Waals surface area contributed by atoms with E-state index in [9.17, 15) is 13.4 Å². The van der Waals surface area contributed by atoms with Gasteiger partial charge in [0.1, 0.15) is 11.6 Å². The minimum absolute atomic E-state index is 0.106. The van der Waals surface area contributed by atoms with Gasteiger partial charge in [0, 0.05) is 4.90 Å². The number of hydrogen-bond donors (Lipinski definition) is 2. The number of phenolic OH excluding ortho intramolecular Hbond substituents is 1. The lowest BCUT2D eigenvalue weighted by Gasteiger charge is -2.05. The van der Waals surface area contributed by atoms with Crippen LogP contribution in [0.3, 0.4) is 0 Å². The van der Waals surface area contributed by atoms with Crippen LogP contribution in [-0.2, 0) is 16.6 Å². The Bertz CT molecular complexity index is 667. The average molecular weight is 294 g/mol. The van der Waals surface area contributed by atoms with E-state index in [0.29, 0.717) is 0 Å². The maximum atomic E-state index is 13.2. The molecule has 104 valence electrons. The van der Waals surface area contributed by atoms with E-state index in [1.54, 1.807) is 12.1 Å². The molecule has 1 unspecified atom stereocenters. The second kappa shape index (κ2) is 5.83. The van der Waals surface area contributed by atoms with Crippen LogP contribution in [0, 0.1) is 5.82 Å². The van der Waals surface area contributed by atoms with Crippen molar-refractivity contribution >= 4 is 16.8 Å². The summed E-state index contributed by atoms with van der Waals surface area (Å²) in [7, 11) is -1.49. The molecule has 0 amide bonds. The molecule has 0 saturated heterocycles. The van der Waals surface area contributed by atoms with Crippen LogP contribution in [0.1, 0.15) is 15.9 Å². The molecule has 0 aliphatic carbocycles. The fraction of sp³-hybridized carbons (Fsp3) is 0.0714. The van der Waals surface area contributed by atoms with Crippen molar-refractivity contribution in [3.63, 3.8) is 0 Å². The van der Waals surface area contributed by atoms with Crippen molar-refractivity contribution in [2.75, 3.05) is 0 Å². The monoisotopic (exact) mass is 294 g/mol. The molecule has 2 aromatic carbocycles. The fourth-order valence-electron chi connectivity index (χ4n) is 1.64. The minimum atomic E-state index is -1.49. The normalized spacial score (nSPS) is 12.1. The largest absolute Gasteiger partial charge is 0.508 e. The second-order valence-electron chi connectivity index (χ2n) is 4.10. The van der Waals surface area contributed by atoms with Crippen molar-refractivity contribution in [2.45, 2.75) is 10.6 Å². The van der Waals surface area contributed by atoms with Gasteiger partial charge in [-0.1, -0.05) is 12.1 Å². The molecular weight excluding hydrogens is 283 g/mol. The van der Waals surface area contributed by atoms with Gasteiger partial charge in [-0.15, -0.1) is 0 Å². The first kappa shape index (κ1) is 14.2. The van der Waals surface area contributed by atoms with Crippen LogP contribution in [0.15, 0.2) is 47.4 Å². The lowest BCUT2D eigenvalue weighted by atomic mass is 10.2. The second-order valence-corrected chi connectivity index (χ2v) is 5.55. The van der Waals surface area contributed by atoms with E-state index >= 15 is 0 Å². The fourth-order valence-corrected chi connectivity index (χ4v) is 2.77. The molecular formula is C14H11FO4S. The topological polar surface area (TPSA) is 74.6 Å². The van der Waals surface area contributed by atoms with Gasteiger partial charge in [-0.05, 0) is 35.9 Å². The van der Waals surface area contributed by atoms with Gasteiger partial charge in [0.25, 0.3) is 0 Å². The molecule has 0 fully saturated rings. The maximum absolute atomic E-state index is 13.2. The molecule has 4 nitrogen and oxygen atoms in total. The summed E-state index contributed by atoms with van der Waals surface area (Å²) in [6, 6.07) is 9.56. The number of carbonyl (C=O) groups is 1. The van der Waals surface area contributed by atoms with Crippen LogP contribution in [0.4, 0.5) is 4.39 Å². The quantitative estimate of drug-likeness (QED) is 0.908. The van der Waals surface area contributed by atoms with E-state index in [1.807, 2.05) is 0 Å². The van der Waals surface area contributed by atoms with Gasteiger partial charge in [-0.2, -0.15) is 0 Å². The summed E-state index contributed by atoms with van der Waals surface area (Å²) in [6.45, 7) is 0. The number of halogens is 1. The third-order valence-electron chi connectivity index (χ3n) is 2.67. The standard InChI is InChI=1S/C14H11FO4S/c15-13-6-5-11(7-12(13)14(17)18)20(19)8-9-1-3-10(16)4-2-9/h1-7,16H,8H2,(H,17,18). The van der Waals surface area contributed by atoms with Crippen LogP contribution in [-0.4, -0.2) is 20.4 Å². The molecule has 0 aromatic heterocycles. The zero-order chi connectivity index (χ0) is 14.7. The molecule has 0 aliphatic heterocycles. The molecule has 20 heavy (non-hydrogen) atoms. The van der Waals surface area contributed by atoms with E-state index in [2.05, 4.69) is 0 Å². The van der Waals surface area contributed by atoms with Crippen molar-refractivity contribution < 1.29 is 23.6 Å². The molecule has 2 aromatic rings. The number of rotatable bonds is 4. The van der Waals surface area contributed by atoms with Crippen molar-refractivity contribution in [1.82, 2.24) is 0 Å². The molecule has 0 saturated carbocycles. The third kappa shape index (κ3) is 3.21. The van der Waals surface area contributed by atoms with E-state index in [4.69, 9.17) is 10.2 Å². The molecule has 1 atom stereocenters. The summed E-state index contributed by atoms with van der Waals surface area (Å²) >= 11 is 0. The highest BCUT2D eigenvalue weighted by Crippen LogP contribution is 2.18. The molecule has 2 rings (SSSR count). The smallest absolute Gasteiger partial charge is 0.338 e. The molecule has 0 aliphatic rings. The summed E-state index contributed by atoms with van der Waals surface area (Å²) in [5, 5.41) is 18.0. The van der Waals surface area contributed by atoms with Crippen molar-refractivity contribution in [3.8, 4) is 5.75 Å². The Morgan fingerprint density at radius 1 is 1.15 bits per heavy atom. The molecule has 0 bridgehead atoms. The zero-order valence-electron chi connectivity index (χ0n) is 10.2. The number of benzene rings is 2. The van der Waals surface area contributed by atoms with Crippen LogP contribution in [0.25, 0.3) is 0 Å². The van der Waals surface area contributed by atoms with Gasteiger partial charge < -0.3 is 10.2 Å². The number of hydrogen-bond acceptors (Lipinski definition) is 3. The Hall–Kier alpha value is -2.21. The van der Waals surface area contributed by atoms with Gasteiger partial charge >= 0.3 is 5.97 Å². The van der Waals surface area contributed by atoms with Crippen molar-refractivity contribution in [1.29, 1.82) is 0 Å². The van der Waals surface area contributed by atoms with E-state index in [0.717, 1.165) is 17.7 Å². The Morgan fingerprint density at radius 3 is 2.40 bits per heavy atom. The maximum Gasteiger partial charge on any atom is 0.338 e. The number of aromatic hydroxyl groups is 1. The first-order valence-electron chi connectivity index (χ1n) is 5.66. The third-order valence-corrected chi connectivity index (χ3v) is 4.04. The zero-order valence-corrected chi connectivity index (χ0v) is 11.1. The summed E-state index contributed by atoms with van der Waals surface area (Å²) in [5.41, 5.74) is 0.226. The molecule has 0 radical (unpaired) electrons. The molecule has 0 spiro atoms. The number of aromatic carboxylic acids is 1. The van der Waals surface area contributed by atoms with Gasteiger partial charge in [0.2, 0.25) is 0 Å². The van der Waals surface area contributed by atoms with Crippen molar-refractivity contribution in [3.05, 3.63) is 59.4 Å². The molecule has 6 heteroatoms. The Balaban J connectivity index is 2.23. The highest BCUT2D eigenvalue weighted by Gasteiger charge is 2.14. The summed E-state index contributed by atoms with van der Waals surface area (Å²) in [5.74, 6) is -1.99. The van der Waals surface area contributed by atoms with Crippen LogP contribution < -0.4 is 0 Å². The Labute approximate surface area is 117 Å². The Morgan fingerprint density at radius 2 is 1.80 bits per heavy atom. The van der Waals surface area contributed by atoms with Gasteiger partial charge in [-0.3, -0.25) is 4.21 Å². The predicted octanol–water partition coefficient (Wildman–Crippen LogP) is 2.54. The number of carboxylic acid groups (broad SMARTS) is 1. The van der Waals surface area contributed by atoms with Gasteiger partial charge in [0.15, 0.2) is 0 Å². The van der Waals surface area contributed by atoms with Crippen LogP contribution in [0.2, 0.25) is 0 Å². The SMILES string of the molecule is O=C(O)c1cc(S(=O)Cc2ccc(O)cc2)ccc1F. The van der Waals surface area contributed by atoms with E-state index in [-0.39, 0.29) is 16.4 Å². The van der Waals surface area contributed by atoms with Crippen LogP contribution in [0.5, 0.6) is 5.75 Å². The molecule has 0 heterocycles. The number of carboxylic acids is 1. The predicted molar refractivity (Wildman–Crippen MR) is 71.6 cm³/mol. The van der Waals surface area contributed by atoms with E-state index < -0.39 is 28.1 Å². The number of phenols is 1. The van der Waals surface area contributed by atoms with Crippen LogP contribution >= 0.6 is 0 Å². The average Bonchev–Trinajstić information content (AvgIpc) is 2.41. The van der Waals surface area contributed by atoms with Gasteiger partial charge in [0.05, 0.1) is 22.1 Å². The Kier molecular flexibility index (Phi) is 4.14. The summed E-state index contributed by atoms with van der Waals surface area (Å²) in [6.07, 6.45) is 0. The first-order chi connectivity index (χ1) is 9.47. The molecule has 2 N–H and O–H groups in total. The summed E-state index contributed by atoms with van der Waals surface area (Å²) < 4.78 is 25.4. The van der Waals surface area contributed by atoms with Gasteiger partial charge in [-0.25, -0.2) is 9.18 Å². The lowest BCUT2D eigenvalue weighted by Crippen LogP contribution is -2.03. The highest BCUT2D eigenvalue weighted by atomic mass is 32.2. The lowest BCUT2D eigenvalue weighted by molar-refractivity contribution is 0.0691. The van der Waals surface area contributed by atoms with E-state index in [1.165, 1.54) is 18.2 Å². The van der Waals surface area contributed by atoms with Crippen molar-refractivity contribution in [2.24, 2.45) is 0 Å². The first-order valence-corrected chi connectivity index (χ1v) is 6.98.